The fraction of sp³-hybridized carbons (Fsp3) is 0.909. The normalized spacial score (nSPS) is 11.6. The third-order valence-electron chi connectivity index (χ3n) is 2.03. The van der Waals surface area contributed by atoms with Crippen molar-refractivity contribution in [2.45, 2.75) is 19.8 Å². The van der Waals surface area contributed by atoms with Crippen LogP contribution in [0.1, 0.15) is 19.8 Å². The Kier molecular flexibility index (Phi) is 12.3. The van der Waals surface area contributed by atoms with Crippen molar-refractivity contribution in [2.75, 3.05) is 45.4 Å². The van der Waals surface area contributed by atoms with Crippen molar-refractivity contribution >= 4 is 17.7 Å². The van der Waals surface area contributed by atoms with E-state index in [0.29, 0.717) is 0 Å². The zero-order chi connectivity index (χ0) is 12.1. The summed E-state index contributed by atoms with van der Waals surface area (Å²) in [6.45, 7) is 5.60. The second kappa shape index (κ2) is 12.6. The van der Waals surface area contributed by atoms with Crippen molar-refractivity contribution in [1.82, 2.24) is 10.6 Å². The summed E-state index contributed by atoms with van der Waals surface area (Å²) in [5.41, 5.74) is 0. The fourth-order valence-electron chi connectivity index (χ4n) is 1.17. The van der Waals surface area contributed by atoms with Crippen LogP contribution in [-0.4, -0.2) is 51.3 Å². The van der Waals surface area contributed by atoms with E-state index in [0.717, 1.165) is 50.9 Å². The minimum Gasteiger partial charge on any atom is -0.382 e. The monoisotopic (exact) mass is 247 g/mol. The molecule has 16 heavy (non-hydrogen) atoms. The average molecular weight is 247 g/mol. The molecule has 2 N–H and O–H groups in total. The SMILES string of the molecule is CCOCCCCNC(=NC)NCCSC. The summed E-state index contributed by atoms with van der Waals surface area (Å²) in [6.07, 6.45) is 4.32. The molecule has 0 rings (SSSR count). The second-order valence-electron chi connectivity index (χ2n) is 3.32. The second-order valence-corrected chi connectivity index (χ2v) is 4.31. The molecule has 4 nitrogen and oxygen atoms in total. The van der Waals surface area contributed by atoms with Gasteiger partial charge in [-0.2, -0.15) is 11.8 Å². The van der Waals surface area contributed by atoms with Crippen molar-refractivity contribution in [3.8, 4) is 0 Å². The lowest BCUT2D eigenvalue weighted by atomic mass is 10.3. The zero-order valence-electron chi connectivity index (χ0n) is 10.7. The largest absolute Gasteiger partial charge is 0.382 e. The standard InChI is InChI=1S/C11H25N3OS/c1-4-15-9-6-5-7-13-11(12-2)14-8-10-16-3/h4-10H2,1-3H3,(H2,12,13,14). The van der Waals surface area contributed by atoms with E-state index in [-0.39, 0.29) is 0 Å². The molecule has 0 fully saturated rings. The molecular formula is C11H25N3OS. The molecule has 0 amide bonds. The number of ether oxygens (including phenoxy) is 1. The first kappa shape index (κ1) is 15.6. The van der Waals surface area contributed by atoms with Gasteiger partial charge in [0.05, 0.1) is 0 Å². The van der Waals surface area contributed by atoms with Gasteiger partial charge in [0.1, 0.15) is 0 Å². The number of rotatable bonds is 9. The average Bonchev–Trinajstić information content (AvgIpc) is 2.31. The van der Waals surface area contributed by atoms with E-state index in [1.54, 1.807) is 7.05 Å². The third kappa shape index (κ3) is 10.1. The Hall–Kier alpha value is -0.420. The first-order chi connectivity index (χ1) is 7.85. The van der Waals surface area contributed by atoms with Crippen molar-refractivity contribution in [1.29, 1.82) is 0 Å². The van der Waals surface area contributed by atoms with Gasteiger partial charge in [0.15, 0.2) is 5.96 Å². The first-order valence-corrected chi connectivity index (χ1v) is 7.25. The summed E-state index contributed by atoms with van der Waals surface area (Å²) in [6, 6.07) is 0. The Labute approximate surface area is 104 Å². The number of nitrogens with one attached hydrogen (secondary N) is 2. The molecule has 0 aromatic heterocycles. The third-order valence-corrected chi connectivity index (χ3v) is 2.65. The Balaban J connectivity index is 3.34. The molecule has 0 saturated carbocycles. The smallest absolute Gasteiger partial charge is 0.191 e. The Morgan fingerprint density at radius 3 is 2.62 bits per heavy atom. The van der Waals surface area contributed by atoms with Crippen molar-refractivity contribution < 1.29 is 4.74 Å². The number of aliphatic imine (C=N–C) groups is 1. The lowest BCUT2D eigenvalue weighted by Gasteiger charge is -2.11. The number of unbranched alkanes of at least 4 members (excludes halogenated alkanes) is 1. The molecule has 0 aliphatic rings. The molecule has 0 saturated heterocycles. The molecule has 96 valence electrons. The van der Waals surface area contributed by atoms with Gasteiger partial charge in [0.25, 0.3) is 0 Å². The van der Waals surface area contributed by atoms with Crippen molar-refractivity contribution in [3.05, 3.63) is 0 Å². The molecule has 0 aliphatic heterocycles. The van der Waals surface area contributed by atoms with Gasteiger partial charge in [-0.1, -0.05) is 0 Å². The summed E-state index contributed by atoms with van der Waals surface area (Å²) in [7, 11) is 1.80. The van der Waals surface area contributed by atoms with E-state index >= 15 is 0 Å². The van der Waals surface area contributed by atoms with E-state index in [2.05, 4.69) is 21.9 Å². The topological polar surface area (TPSA) is 45.6 Å². The molecule has 0 aromatic rings. The first-order valence-electron chi connectivity index (χ1n) is 5.86. The number of nitrogens with zero attached hydrogens (tertiary/aromatic N) is 1. The molecular weight excluding hydrogens is 222 g/mol. The zero-order valence-corrected chi connectivity index (χ0v) is 11.5. The number of guanidine groups is 1. The number of hydrogen-bond donors (Lipinski definition) is 2. The Morgan fingerprint density at radius 2 is 2.00 bits per heavy atom. The number of hydrogen-bond acceptors (Lipinski definition) is 3. The lowest BCUT2D eigenvalue weighted by molar-refractivity contribution is 0.143. The molecule has 0 bridgehead atoms. The highest BCUT2D eigenvalue weighted by Gasteiger charge is 1.95. The van der Waals surface area contributed by atoms with Crippen molar-refractivity contribution in [2.24, 2.45) is 4.99 Å². The van der Waals surface area contributed by atoms with Crippen LogP contribution in [0.5, 0.6) is 0 Å². The maximum absolute atomic E-state index is 5.27. The van der Waals surface area contributed by atoms with E-state index in [1.807, 2.05) is 18.7 Å². The Morgan fingerprint density at radius 1 is 1.25 bits per heavy atom. The summed E-state index contributed by atoms with van der Waals surface area (Å²) in [5.74, 6) is 2.00. The fourth-order valence-corrected chi connectivity index (χ4v) is 1.48. The molecule has 0 aliphatic carbocycles. The maximum atomic E-state index is 5.27. The summed E-state index contributed by atoms with van der Waals surface area (Å²) in [5, 5.41) is 6.54. The summed E-state index contributed by atoms with van der Waals surface area (Å²) < 4.78 is 5.27. The molecule has 0 radical (unpaired) electrons. The minimum absolute atomic E-state index is 0.811. The van der Waals surface area contributed by atoms with E-state index < -0.39 is 0 Å². The van der Waals surface area contributed by atoms with Crippen LogP contribution in [0.25, 0.3) is 0 Å². The van der Waals surface area contributed by atoms with Gasteiger partial charge in [-0.3, -0.25) is 4.99 Å². The van der Waals surface area contributed by atoms with Crippen LogP contribution in [-0.2, 0) is 4.74 Å². The predicted molar refractivity (Wildman–Crippen MR) is 73.5 cm³/mol. The van der Waals surface area contributed by atoms with Crippen LogP contribution >= 0.6 is 11.8 Å². The van der Waals surface area contributed by atoms with E-state index in [4.69, 9.17) is 4.74 Å². The van der Waals surface area contributed by atoms with Crippen molar-refractivity contribution in [3.63, 3.8) is 0 Å². The predicted octanol–water partition coefficient (Wildman–Crippen LogP) is 1.33. The van der Waals surface area contributed by atoms with E-state index in [9.17, 15) is 0 Å². The van der Waals surface area contributed by atoms with Gasteiger partial charge < -0.3 is 15.4 Å². The highest BCUT2D eigenvalue weighted by atomic mass is 32.2. The molecule has 0 atom stereocenters. The Bertz CT molecular complexity index is 177. The van der Waals surface area contributed by atoms with Gasteiger partial charge >= 0.3 is 0 Å². The molecule has 0 unspecified atom stereocenters. The van der Waals surface area contributed by atoms with Crippen LogP contribution in [0.3, 0.4) is 0 Å². The van der Waals surface area contributed by atoms with Gasteiger partial charge in [0, 0.05) is 39.1 Å². The maximum Gasteiger partial charge on any atom is 0.191 e. The highest BCUT2D eigenvalue weighted by molar-refractivity contribution is 7.98. The molecule has 0 spiro atoms. The molecule has 0 aromatic carbocycles. The van der Waals surface area contributed by atoms with Crippen LogP contribution in [0, 0.1) is 0 Å². The van der Waals surface area contributed by atoms with Gasteiger partial charge in [-0.05, 0) is 26.0 Å². The van der Waals surface area contributed by atoms with Crippen LogP contribution in [0.2, 0.25) is 0 Å². The molecule has 5 heteroatoms. The summed E-state index contributed by atoms with van der Waals surface area (Å²) >= 11 is 1.83. The van der Waals surface area contributed by atoms with Crippen LogP contribution in [0.4, 0.5) is 0 Å². The minimum atomic E-state index is 0.811. The summed E-state index contributed by atoms with van der Waals surface area (Å²) in [4.78, 5) is 4.15. The van der Waals surface area contributed by atoms with Crippen LogP contribution in [0.15, 0.2) is 4.99 Å². The highest BCUT2D eigenvalue weighted by Crippen LogP contribution is 1.89. The number of thioether (sulfide) groups is 1. The molecule has 0 heterocycles. The van der Waals surface area contributed by atoms with E-state index in [1.165, 1.54) is 0 Å². The van der Waals surface area contributed by atoms with Crippen LogP contribution < -0.4 is 10.6 Å². The quantitative estimate of drug-likeness (QED) is 0.366. The van der Waals surface area contributed by atoms with Gasteiger partial charge in [-0.25, -0.2) is 0 Å². The lowest BCUT2D eigenvalue weighted by Crippen LogP contribution is -2.38. The van der Waals surface area contributed by atoms with Gasteiger partial charge in [-0.15, -0.1) is 0 Å². The van der Waals surface area contributed by atoms with Gasteiger partial charge in [0.2, 0.25) is 0 Å².